The number of methoxy groups -OCH3 is 1. The molecule has 2 N–H and O–H groups in total. The number of rotatable bonds is 18. The first-order valence-corrected chi connectivity index (χ1v) is 17.1. The predicted molar refractivity (Wildman–Crippen MR) is 174 cm³/mol. The Morgan fingerprint density at radius 3 is 2.20 bits per heavy atom. The highest BCUT2D eigenvalue weighted by Gasteiger charge is 2.31. The second kappa shape index (κ2) is 16.5. The van der Waals surface area contributed by atoms with Crippen LogP contribution in [0.15, 0.2) is 83.8 Å². The molecule has 10 heteroatoms. The molecule has 0 saturated heterocycles. The summed E-state index contributed by atoms with van der Waals surface area (Å²) in [6.07, 6.45) is 3.42. The predicted octanol–water partition coefficient (Wildman–Crippen LogP) is 4.64. The summed E-state index contributed by atoms with van der Waals surface area (Å²) in [5.41, 5.74) is 2.66. The van der Waals surface area contributed by atoms with Crippen LogP contribution in [-0.4, -0.2) is 63.6 Å². The lowest BCUT2D eigenvalue weighted by Gasteiger charge is -2.32. The fourth-order valence-electron chi connectivity index (χ4n) is 4.92. The van der Waals surface area contributed by atoms with Crippen LogP contribution in [-0.2, 0) is 43.7 Å². The SMILES string of the molecule is COc1ccc(CN(C(=O)CCc2ccc(S(=O)(=O)NC3CC3)cc2)[C@@H](Cc2ccccc2)C(=O)NCCCOC(C)C)cc1. The lowest BCUT2D eigenvalue weighted by molar-refractivity contribution is -0.141. The van der Waals surface area contributed by atoms with E-state index in [0.717, 1.165) is 29.5 Å². The highest BCUT2D eigenvalue weighted by molar-refractivity contribution is 7.89. The Morgan fingerprint density at radius 1 is 0.911 bits per heavy atom. The highest BCUT2D eigenvalue weighted by atomic mass is 32.2. The minimum atomic E-state index is -3.55. The molecule has 0 radical (unpaired) electrons. The summed E-state index contributed by atoms with van der Waals surface area (Å²) in [5.74, 6) is 0.316. The van der Waals surface area contributed by atoms with Crippen molar-refractivity contribution in [2.45, 2.75) is 82.0 Å². The Kier molecular flexibility index (Phi) is 12.6. The fourth-order valence-corrected chi connectivity index (χ4v) is 6.23. The number of hydrogen-bond acceptors (Lipinski definition) is 6. The van der Waals surface area contributed by atoms with Crippen LogP contribution in [0.5, 0.6) is 5.75 Å². The van der Waals surface area contributed by atoms with Gasteiger partial charge in [-0.25, -0.2) is 13.1 Å². The Balaban J connectivity index is 1.52. The number of carbonyl (C=O) groups is 2. The minimum absolute atomic E-state index is 0.0263. The average molecular weight is 636 g/mol. The van der Waals surface area contributed by atoms with Crippen LogP contribution < -0.4 is 14.8 Å². The van der Waals surface area contributed by atoms with Crippen molar-refractivity contribution in [3.63, 3.8) is 0 Å². The van der Waals surface area contributed by atoms with Crippen molar-refractivity contribution in [1.29, 1.82) is 0 Å². The van der Waals surface area contributed by atoms with Crippen LogP contribution in [0, 0.1) is 0 Å². The second-order valence-corrected chi connectivity index (χ2v) is 13.4. The van der Waals surface area contributed by atoms with Crippen molar-refractivity contribution < 1.29 is 27.5 Å². The molecule has 2 amide bonds. The first kappa shape index (κ1) is 34.1. The maximum atomic E-state index is 14.0. The second-order valence-electron chi connectivity index (χ2n) is 11.7. The standard InChI is InChI=1S/C35H45N3O6S/c1-26(2)44-23-7-22-36-35(40)33(24-28-8-5-4-6-9-28)38(25-29-10-17-31(43-3)18-11-29)34(39)21-14-27-12-19-32(20-13-27)45(41,42)37-30-15-16-30/h4-6,8-13,17-20,26,30,33,37H,7,14-16,21-25H2,1-3H3,(H,36,40)/t33-/m0/s1. The highest BCUT2D eigenvalue weighted by Crippen LogP contribution is 2.23. The van der Waals surface area contributed by atoms with Gasteiger partial charge in [0.1, 0.15) is 11.8 Å². The van der Waals surface area contributed by atoms with Gasteiger partial charge in [0.15, 0.2) is 0 Å². The van der Waals surface area contributed by atoms with Crippen molar-refractivity contribution in [2.24, 2.45) is 0 Å². The molecule has 0 aliphatic heterocycles. The van der Waals surface area contributed by atoms with Gasteiger partial charge in [0.2, 0.25) is 21.8 Å². The van der Waals surface area contributed by atoms with Gasteiger partial charge >= 0.3 is 0 Å². The summed E-state index contributed by atoms with van der Waals surface area (Å²) in [4.78, 5) is 29.6. The quantitative estimate of drug-likeness (QED) is 0.197. The van der Waals surface area contributed by atoms with E-state index in [9.17, 15) is 18.0 Å². The zero-order chi connectivity index (χ0) is 32.2. The summed E-state index contributed by atoms with van der Waals surface area (Å²) >= 11 is 0. The molecule has 0 aromatic heterocycles. The van der Waals surface area contributed by atoms with Crippen molar-refractivity contribution >= 4 is 21.8 Å². The van der Waals surface area contributed by atoms with Gasteiger partial charge in [-0.2, -0.15) is 0 Å². The van der Waals surface area contributed by atoms with Gasteiger partial charge < -0.3 is 19.7 Å². The van der Waals surface area contributed by atoms with Crippen molar-refractivity contribution in [3.05, 3.63) is 95.6 Å². The number of benzene rings is 3. The molecule has 0 heterocycles. The molecule has 0 bridgehead atoms. The normalized spacial score (nSPS) is 13.8. The van der Waals surface area contributed by atoms with Crippen LogP contribution in [0.3, 0.4) is 0 Å². The average Bonchev–Trinajstić information content (AvgIpc) is 3.85. The fraction of sp³-hybridized carbons (Fsp3) is 0.429. The number of aryl methyl sites for hydroxylation is 1. The summed E-state index contributed by atoms with van der Waals surface area (Å²) < 4.78 is 38.8. The maximum Gasteiger partial charge on any atom is 0.243 e. The Labute approximate surface area is 267 Å². The van der Waals surface area contributed by atoms with E-state index in [4.69, 9.17) is 9.47 Å². The third kappa shape index (κ3) is 11.0. The van der Waals surface area contributed by atoms with Gasteiger partial charge in [0, 0.05) is 38.6 Å². The van der Waals surface area contributed by atoms with Gasteiger partial charge in [-0.3, -0.25) is 9.59 Å². The lowest BCUT2D eigenvalue weighted by atomic mass is 10.0. The molecular formula is C35H45N3O6S. The number of nitrogens with one attached hydrogen (secondary N) is 2. The summed E-state index contributed by atoms with van der Waals surface area (Å²) in [7, 11) is -1.95. The maximum absolute atomic E-state index is 14.0. The minimum Gasteiger partial charge on any atom is -0.497 e. The van der Waals surface area contributed by atoms with E-state index < -0.39 is 16.1 Å². The number of nitrogens with zero attached hydrogens (tertiary/aromatic N) is 1. The molecule has 0 spiro atoms. The Bertz CT molecular complexity index is 1470. The van der Waals surface area contributed by atoms with E-state index in [1.807, 2.05) is 68.4 Å². The van der Waals surface area contributed by atoms with Gasteiger partial charge in [-0.15, -0.1) is 0 Å². The molecule has 1 aliphatic carbocycles. The molecule has 4 rings (SSSR count). The molecule has 0 unspecified atom stereocenters. The van der Waals surface area contributed by atoms with Crippen molar-refractivity contribution in [3.8, 4) is 5.75 Å². The monoisotopic (exact) mass is 635 g/mol. The molecule has 45 heavy (non-hydrogen) atoms. The number of amides is 2. The number of ether oxygens (including phenoxy) is 2. The summed E-state index contributed by atoms with van der Waals surface area (Å²) in [6.45, 7) is 5.16. The third-order valence-corrected chi connectivity index (χ3v) is 9.15. The first-order valence-electron chi connectivity index (χ1n) is 15.6. The van der Waals surface area contributed by atoms with Crippen LogP contribution in [0.2, 0.25) is 0 Å². The molecule has 1 saturated carbocycles. The molecule has 242 valence electrons. The van der Waals surface area contributed by atoms with Crippen LogP contribution in [0.4, 0.5) is 0 Å². The molecule has 1 fully saturated rings. The molecule has 1 atom stereocenters. The van der Waals surface area contributed by atoms with Crippen molar-refractivity contribution in [2.75, 3.05) is 20.3 Å². The van der Waals surface area contributed by atoms with Gasteiger partial charge in [-0.05, 0) is 80.5 Å². The Morgan fingerprint density at radius 2 is 1.58 bits per heavy atom. The number of carbonyl (C=O) groups excluding carboxylic acids is 2. The zero-order valence-electron chi connectivity index (χ0n) is 26.4. The number of sulfonamides is 1. The molecule has 1 aliphatic rings. The van der Waals surface area contributed by atoms with Crippen molar-refractivity contribution in [1.82, 2.24) is 14.9 Å². The van der Waals surface area contributed by atoms with Crippen LogP contribution in [0.1, 0.15) is 56.2 Å². The molecule has 3 aromatic rings. The smallest absolute Gasteiger partial charge is 0.243 e. The van der Waals surface area contributed by atoms with Gasteiger partial charge in [0.25, 0.3) is 0 Å². The van der Waals surface area contributed by atoms with Crippen LogP contribution >= 0.6 is 0 Å². The molecular weight excluding hydrogens is 590 g/mol. The summed E-state index contributed by atoms with van der Waals surface area (Å²) in [6, 6.07) is 23.1. The van der Waals surface area contributed by atoms with E-state index in [1.165, 1.54) is 0 Å². The number of hydrogen-bond donors (Lipinski definition) is 2. The van der Waals surface area contributed by atoms with Gasteiger partial charge in [-0.1, -0.05) is 54.6 Å². The van der Waals surface area contributed by atoms with Gasteiger partial charge in [0.05, 0.1) is 18.1 Å². The van der Waals surface area contributed by atoms with E-state index in [2.05, 4.69) is 10.0 Å². The van der Waals surface area contributed by atoms with E-state index >= 15 is 0 Å². The van der Waals surface area contributed by atoms with Crippen LogP contribution in [0.25, 0.3) is 0 Å². The van der Waals surface area contributed by atoms with E-state index in [0.29, 0.717) is 38.2 Å². The first-order chi connectivity index (χ1) is 21.6. The molecule has 3 aromatic carbocycles. The lowest BCUT2D eigenvalue weighted by Crippen LogP contribution is -2.50. The zero-order valence-corrected chi connectivity index (χ0v) is 27.2. The summed E-state index contributed by atoms with van der Waals surface area (Å²) in [5, 5.41) is 3.03. The van der Waals surface area contributed by atoms with E-state index in [-0.39, 0.29) is 41.8 Å². The largest absolute Gasteiger partial charge is 0.497 e. The molecule has 9 nitrogen and oxygen atoms in total. The van der Waals surface area contributed by atoms with E-state index in [1.54, 1.807) is 36.3 Å². The topological polar surface area (TPSA) is 114 Å². The Hall–Kier alpha value is -3.73. The third-order valence-electron chi connectivity index (χ3n) is 7.61.